The smallest absolute Gasteiger partial charge is 0.0761 e. The highest BCUT2D eigenvalue weighted by Gasteiger charge is 2.04. The van der Waals surface area contributed by atoms with E-state index in [0.717, 1.165) is 22.4 Å². The first-order valence-corrected chi connectivity index (χ1v) is 6.62. The summed E-state index contributed by atoms with van der Waals surface area (Å²) in [6.45, 7) is 1.76. The van der Waals surface area contributed by atoms with E-state index in [1.54, 1.807) is 6.92 Å². The van der Waals surface area contributed by atoms with Gasteiger partial charge in [-0.15, -0.1) is 0 Å². The number of benzene rings is 2. The lowest BCUT2D eigenvalue weighted by molar-refractivity contribution is 0.199. The largest absolute Gasteiger partial charge is 0.389 e. The molecule has 0 spiro atoms. The van der Waals surface area contributed by atoms with E-state index in [1.807, 2.05) is 59.5 Å². The van der Waals surface area contributed by atoms with Crippen molar-refractivity contribution in [1.82, 2.24) is 9.78 Å². The molecule has 3 rings (SSSR count). The summed E-state index contributed by atoms with van der Waals surface area (Å²) in [5.41, 5.74) is 4.13. The van der Waals surface area contributed by atoms with Crippen LogP contribution in [0.1, 0.15) is 18.6 Å². The molecule has 0 aliphatic rings. The Kier molecular flexibility index (Phi) is 3.35. The molecule has 0 saturated carbocycles. The molecular formula is C17H16N2O. The zero-order valence-electron chi connectivity index (χ0n) is 11.3. The maximum Gasteiger partial charge on any atom is 0.0761 e. The van der Waals surface area contributed by atoms with Crippen molar-refractivity contribution in [2.45, 2.75) is 13.0 Å². The molecule has 1 unspecified atom stereocenters. The van der Waals surface area contributed by atoms with Gasteiger partial charge < -0.3 is 5.11 Å². The molecule has 1 atom stereocenters. The van der Waals surface area contributed by atoms with Crippen LogP contribution in [-0.2, 0) is 0 Å². The van der Waals surface area contributed by atoms with E-state index >= 15 is 0 Å². The summed E-state index contributed by atoms with van der Waals surface area (Å²) in [5, 5.41) is 13.9. The van der Waals surface area contributed by atoms with Crippen molar-refractivity contribution in [3.05, 3.63) is 72.6 Å². The average molecular weight is 264 g/mol. The zero-order chi connectivity index (χ0) is 13.9. The van der Waals surface area contributed by atoms with Gasteiger partial charge in [0.15, 0.2) is 0 Å². The Balaban J connectivity index is 1.90. The minimum absolute atomic E-state index is 0.443. The minimum Gasteiger partial charge on any atom is -0.389 e. The van der Waals surface area contributed by atoms with E-state index in [-0.39, 0.29) is 0 Å². The number of hydrogen-bond acceptors (Lipinski definition) is 2. The van der Waals surface area contributed by atoms with Crippen molar-refractivity contribution < 1.29 is 5.11 Å². The van der Waals surface area contributed by atoms with Crippen molar-refractivity contribution in [3.63, 3.8) is 0 Å². The van der Waals surface area contributed by atoms with Crippen molar-refractivity contribution >= 4 is 0 Å². The highest BCUT2D eigenvalue weighted by atomic mass is 16.3. The lowest BCUT2D eigenvalue weighted by atomic mass is 10.1. The van der Waals surface area contributed by atoms with Gasteiger partial charge in [-0.3, -0.25) is 0 Å². The molecule has 0 fully saturated rings. The first kappa shape index (κ1) is 12.6. The average Bonchev–Trinajstić information content (AvgIpc) is 2.98. The third-order valence-electron chi connectivity index (χ3n) is 3.33. The molecule has 0 bridgehead atoms. The Hall–Kier alpha value is -2.39. The van der Waals surface area contributed by atoms with Crippen LogP contribution in [0.2, 0.25) is 0 Å². The van der Waals surface area contributed by atoms with Gasteiger partial charge >= 0.3 is 0 Å². The first-order valence-electron chi connectivity index (χ1n) is 6.62. The SMILES string of the molecule is CC(O)c1ccc(-n2cc(-c3ccccc3)cn2)cc1. The van der Waals surface area contributed by atoms with Crippen molar-refractivity contribution in [1.29, 1.82) is 0 Å². The van der Waals surface area contributed by atoms with E-state index in [4.69, 9.17) is 0 Å². The molecule has 3 aromatic rings. The number of aliphatic hydroxyl groups excluding tert-OH is 1. The molecule has 0 aliphatic carbocycles. The number of aliphatic hydroxyl groups is 1. The molecule has 1 N–H and O–H groups in total. The van der Waals surface area contributed by atoms with Gasteiger partial charge in [0.2, 0.25) is 0 Å². The van der Waals surface area contributed by atoms with Gasteiger partial charge in [-0.1, -0.05) is 42.5 Å². The summed E-state index contributed by atoms with van der Waals surface area (Å²) >= 11 is 0. The molecule has 20 heavy (non-hydrogen) atoms. The van der Waals surface area contributed by atoms with Crippen molar-refractivity contribution in [3.8, 4) is 16.8 Å². The molecule has 3 heteroatoms. The summed E-state index contributed by atoms with van der Waals surface area (Å²) in [6.07, 6.45) is 3.42. The number of hydrogen-bond donors (Lipinski definition) is 1. The molecule has 3 nitrogen and oxygen atoms in total. The first-order chi connectivity index (χ1) is 9.74. The number of rotatable bonds is 3. The summed E-state index contributed by atoms with van der Waals surface area (Å²) in [5.74, 6) is 0. The molecule has 0 aliphatic heterocycles. The fourth-order valence-corrected chi connectivity index (χ4v) is 2.15. The van der Waals surface area contributed by atoms with E-state index in [0.29, 0.717) is 0 Å². The second-order valence-electron chi connectivity index (χ2n) is 4.81. The third-order valence-corrected chi connectivity index (χ3v) is 3.33. The number of aromatic nitrogens is 2. The van der Waals surface area contributed by atoms with Crippen molar-refractivity contribution in [2.75, 3.05) is 0 Å². The second kappa shape index (κ2) is 5.31. The Morgan fingerprint density at radius 3 is 2.30 bits per heavy atom. The highest BCUT2D eigenvalue weighted by Crippen LogP contribution is 2.20. The van der Waals surface area contributed by atoms with Gasteiger partial charge in [-0.2, -0.15) is 5.10 Å². The Bertz CT molecular complexity index is 685. The molecule has 1 aromatic heterocycles. The summed E-state index contributed by atoms with van der Waals surface area (Å²) in [7, 11) is 0. The van der Waals surface area contributed by atoms with Crippen molar-refractivity contribution in [2.24, 2.45) is 0 Å². The van der Waals surface area contributed by atoms with Crippen LogP contribution in [0.3, 0.4) is 0 Å². The Morgan fingerprint density at radius 2 is 1.65 bits per heavy atom. The number of nitrogens with zero attached hydrogens (tertiary/aromatic N) is 2. The molecule has 0 saturated heterocycles. The van der Waals surface area contributed by atoms with Crippen LogP contribution < -0.4 is 0 Å². The predicted octanol–water partition coefficient (Wildman–Crippen LogP) is 3.59. The monoisotopic (exact) mass is 264 g/mol. The zero-order valence-corrected chi connectivity index (χ0v) is 11.3. The van der Waals surface area contributed by atoms with Gasteiger partial charge in [-0.25, -0.2) is 4.68 Å². The van der Waals surface area contributed by atoms with Crippen LogP contribution in [0.25, 0.3) is 16.8 Å². The van der Waals surface area contributed by atoms with Crippen LogP contribution in [0.5, 0.6) is 0 Å². The standard InChI is InChI=1S/C17H16N2O/c1-13(20)14-7-9-17(10-8-14)19-12-16(11-18-19)15-5-3-2-4-6-15/h2-13,20H,1H3. The van der Waals surface area contributed by atoms with Gasteiger partial charge in [0.25, 0.3) is 0 Å². The lowest BCUT2D eigenvalue weighted by Gasteiger charge is -2.06. The molecule has 0 amide bonds. The topological polar surface area (TPSA) is 38.0 Å². The van der Waals surface area contributed by atoms with Crippen LogP contribution >= 0.6 is 0 Å². The lowest BCUT2D eigenvalue weighted by Crippen LogP contribution is -1.96. The minimum atomic E-state index is -0.443. The maximum atomic E-state index is 9.52. The van der Waals surface area contributed by atoms with E-state index in [9.17, 15) is 5.11 Å². The summed E-state index contributed by atoms with van der Waals surface area (Å²) < 4.78 is 1.84. The molecule has 100 valence electrons. The maximum absolute atomic E-state index is 9.52. The third kappa shape index (κ3) is 2.49. The van der Waals surface area contributed by atoms with Gasteiger partial charge in [0.05, 0.1) is 18.0 Å². The van der Waals surface area contributed by atoms with Gasteiger partial charge in [-0.05, 0) is 30.2 Å². The molecule has 2 aromatic carbocycles. The van der Waals surface area contributed by atoms with Gasteiger partial charge in [0, 0.05) is 11.8 Å². The second-order valence-corrected chi connectivity index (χ2v) is 4.81. The molecule has 0 radical (unpaired) electrons. The molecule has 1 heterocycles. The van der Waals surface area contributed by atoms with E-state index in [1.165, 1.54) is 0 Å². The normalized spacial score (nSPS) is 12.3. The fraction of sp³-hybridized carbons (Fsp3) is 0.118. The van der Waals surface area contributed by atoms with Crippen LogP contribution in [0.4, 0.5) is 0 Å². The van der Waals surface area contributed by atoms with Crippen LogP contribution in [0, 0.1) is 0 Å². The summed E-state index contributed by atoms with van der Waals surface area (Å²) in [4.78, 5) is 0. The van der Waals surface area contributed by atoms with Crippen LogP contribution in [-0.4, -0.2) is 14.9 Å². The van der Waals surface area contributed by atoms with Crippen LogP contribution in [0.15, 0.2) is 67.0 Å². The highest BCUT2D eigenvalue weighted by molar-refractivity contribution is 5.62. The molecular weight excluding hydrogens is 248 g/mol. The fourth-order valence-electron chi connectivity index (χ4n) is 2.15. The Labute approximate surface area is 118 Å². The predicted molar refractivity (Wildman–Crippen MR) is 79.6 cm³/mol. The Morgan fingerprint density at radius 1 is 0.950 bits per heavy atom. The quantitative estimate of drug-likeness (QED) is 0.785. The van der Waals surface area contributed by atoms with E-state index in [2.05, 4.69) is 17.2 Å². The van der Waals surface area contributed by atoms with Gasteiger partial charge in [0.1, 0.15) is 0 Å². The van der Waals surface area contributed by atoms with E-state index < -0.39 is 6.10 Å². The summed E-state index contributed by atoms with van der Waals surface area (Å²) in [6, 6.07) is 17.9.